The molecule has 1 unspecified atom stereocenters. The molecule has 108 valence electrons. The molecule has 0 aliphatic carbocycles. The molecule has 1 aliphatic rings. The van der Waals surface area contributed by atoms with Crippen molar-refractivity contribution in [3.8, 4) is 11.5 Å². The number of hydrogen-bond acceptors (Lipinski definition) is 6. The zero-order valence-corrected chi connectivity index (χ0v) is 11.6. The van der Waals surface area contributed by atoms with Crippen molar-refractivity contribution < 1.29 is 22.1 Å². The molecule has 0 bridgehead atoms. The van der Waals surface area contributed by atoms with E-state index in [-0.39, 0.29) is 17.6 Å². The number of rotatable bonds is 5. The van der Waals surface area contributed by atoms with Crippen LogP contribution in [0.15, 0.2) is 33.4 Å². The smallest absolute Gasteiger partial charge is 0.202 e. The first-order chi connectivity index (χ1) is 9.62. The Morgan fingerprint density at radius 3 is 2.95 bits per heavy atom. The van der Waals surface area contributed by atoms with Crippen molar-refractivity contribution in [3.05, 3.63) is 30.2 Å². The monoisotopic (exact) mass is 297 g/mol. The zero-order valence-electron chi connectivity index (χ0n) is 10.8. The highest BCUT2D eigenvalue weighted by atomic mass is 32.2. The fourth-order valence-corrected chi connectivity index (χ4v) is 3.79. The molecule has 7 heteroatoms. The van der Waals surface area contributed by atoms with Gasteiger partial charge in [-0.15, -0.1) is 0 Å². The molecule has 3 rings (SSSR count). The summed E-state index contributed by atoms with van der Waals surface area (Å²) in [6.45, 7) is 0.646. The molecule has 0 N–H and O–H groups in total. The van der Waals surface area contributed by atoms with Crippen LogP contribution in [0.1, 0.15) is 18.5 Å². The molecule has 0 radical (unpaired) electrons. The summed E-state index contributed by atoms with van der Waals surface area (Å²) in [5, 5.41) is 3.78. The van der Waals surface area contributed by atoms with Crippen LogP contribution in [0.3, 0.4) is 0 Å². The largest absolute Gasteiger partial charge is 0.461 e. The van der Waals surface area contributed by atoms with Gasteiger partial charge in [0, 0.05) is 12.7 Å². The summed E-state index contributed by atoms with van der Waals surface area (Å²) < 4.78 is 39.7. The van der Waals surface area contributed by atoms with Crippen molar-refractivity contribution in [2.45, 2.75) is 24.7 Å². The van der Waals surface area contributed by atoms with E-state index in [0.29, 0.717) is 23.8 Å². The van der Waals surface area contributed by atoms with Gasteiger partial charge in [0.2, 0.25) is 5.76 Å². The fourth-order valence-electron chi connectivity index (χ4n) is 2.26. The van der Waals surface area contributed by atoms with Crippen molar-refractivity contribution in [3.63, 3.8) is 0 Å². The minimum Gasteiger partial charge on any atom is -0.461 e. The minimum absolute atomic E-state index is 0.0376. The molecule has 6 nitrogen and oxygen atoms in total. The first-order valence-corrected chi connectivity index (χ1v) is 8.26. The number of nitrogens with zero attached hydrogens (tertiary/aromatic N) is 1. The minimum atomic E-state index is -3.25. The van der Waals surface area contributed by atoms with Crippen LogP contribution >= 0.6 is 0 Å². The third-order valence-corrected chi connectivity index (χ3v) is 4.77. The molecule has 0 aromatic carbocycles. The molecule has 2 aromatic heterocycles. The molecule has 2 aromatic rings. The lowest BCUT2D eigenvalue weighted by atomic mass is 10.3. The van der Waals surface area contributed by atoms with Gasteiger partial charge in [0.1, 0.15) is 0 Å². The first kappa shape index (κ1) is 13.4. The standard InChI is InChI=1S/C13H15NO5S/c15-20(16,9-11-3-1-5-17-11)8-10-7-13(19-14-10)12-4-2-6-18-12/h2,4,6-7,11H,1,3,5,8-9H2. The maximum Gasteiger partial charge on any atom is 0.202 e. The summed E-state index contributed by atoms with van der Waals surface area (Å²) in [5.74, 6) is 0.852. The number of furan rings is 1. The van der Waals surface area contributed by atoms with Crippen molar-refractivity contribution in [1.29, 1.82) is 0 Å². The van der Waals surface area contributed by atoms with E-state index in [1.165, 1.54) is 6.26 Å². The van der Waals surface area contributed by atoms with E-state index in [1.54, 1.807) is 18.2 Å². The summed E-state index contributed by atoms with van der Waals surface area (Å²) in [5.41, 5.74) is 0.384. The van der Waals surface area contributed by atoms with Crippen LogP contribution < -0.4 is 0 Å². The van der Waals surface area contributed by atoms with Gasteiger partial charge < -0.3 is 13.7 Å². The van der Waals surface area contributed by atoms with Gasteiger partial charge in [-0.2, -0.15) is 0 Å². The van der Waals surface area contributed by atoms with Gasteiger partial charge in [-0.25, -0.2) is 8.42 Å². The lowest BCUT2D eigenvalue weighted by Gasteiger charge is -2.08. The van der Waals surface area contributed by atoms with Crippen LogP contribution in [-0.2, 0) is 20.3 Å². The molecule has 1 aliphatic heterocycles. The van der Waals surface area contributed by atoms with Crippen molar-refractivity contribution >= 4 is 9.84 Å². The Labute approximate surface area is 116 Å². The number of aromatic nitrogens is 1. The van der Waals surface area contributed by atoms with Gasteiger partial charge >= 0.3 is 0 Å². The third kappa shape index (κ3) is 3.10. The Morgan fingerprint density at radius 2 is 2.25 bits per heavy atom. The summed E-state index contributed by atoms with van der Waals surface area (Å²) in [7, 11) is -3.25. The summed E-state index contributed by atoms with van der Waals surface area (Å²) in [6.07, 6.45) is 3.06. The Balaban J connectivity index is 1.68. The quantitative estimate of drug-likeness (QED) is 0.839. The van der Waals surface area contributed by atoms with Gasteiger partial charge in [0.05, 0.1) is 29.6 Å². The predicted octanol–water partition coefficient (Wildman–Crippen LogP) is 2.03. The van der Waals surface area contributed by atoms with E-state index >= 15 is 0 Å². The Hall–Kier alpha value is -1.60. The summed E-state index contributed by atoms with van der Waals surface area (Å²) >= 11 is 0. The topological polar surface area (TPSA) is 82.5 Å². The molecule has 20 heavy (non-hydrogen) atoms. The normalized spacial score (nSPS) is 19.5. The van der Waals surface area contributed by atoms with E-state index in [1.807, 2.05) is 0 Å². The van der Waals surface area contributed by atoms with E-state index in [2.05, 4.69) is 5.16 Å². The third-order valence-electron chi connectivity index (χ3n) is 3.15. The van der Waals surface area contributed by atoms with Gasteiger partial charge in [-0.3, -0.25) is 0 Å². The molecule has 1 saturated heterocycles. The zero-order chi connectivity index (χ0) is 14.0. The second-order valence-electron chi connectivity index (χ2n) is 4.85. The van der Waals surface area contributed by atoms with Gasteiger partial charge in [-0.1, -0.05) is 5.16 Å². The Kier molecular flexibility index (Phi) is 3.62. The lowest BCUT2D eigenvalue weighted by Crippen LogP contribution is -2.21. The van der Waals surface area contributed by atoms with Crippen molar-refractivity contribution in [2.24, 2.45) is 0 Å². The van der Waals surface area contributed by atoms with Gasteiger partial charge in [0.25, 0.3) is 0 Å². The maximum absolute atomic E-state index is 12.1. The second kappa shape index (κ2) is 5.41. The molecule has 0 amide bonds. The van der Waals surface area contributed by atoms with E-state index in [0.717, 1.165) is 12.8 Å². The van der Waals surface area contributed by atoms with Crippen LogP contribution in [0.2, 0.25) is 0 Å². The van der Waals surface area contributed by atoms with Crippen LogP contribution in [0.5, 0.6) is 0 Å². The highest BCUT2D eigenvalue weighted by Gasteiger charge is 2.25. The molecular weight excluding hydrogens is 282 g/mol. The molecular formula is C13H15NO5S. The van der Waals surface area contributed by atoms with Crippen molar-refractivity contribution in [1.82, 2.24) is 5.16 Å². The van der Waals surface area contributed by atoms with Crippen molar-refractivity contribution in [2.75, 3.05) is 12.4 Å². The number of sulfone groups is 1. The van der Waals surface area contributed by atoms with E-state index < -0.39 is 9.84 Å². The number of ether oxygens (including phenoxy) is 1. The number of hydrogen-bond donors (Lipinski definition) is 0. The first-order valence-electron chi connectivity index (χ1n) is 6.44. The van der Waals surface area contributed by atoms with Crippen LogP contribution in [0.25, 0.3) is 11.5 Å². The van der Waals surface area contributed by atoms with E-state index in [4.69, 9.17) is 13.7 Å². The lowest BCUT2D eigenvalue weighted by molar-refractivity contribution is 0.127. The average Bonchev–Trinajstić information content (AvgIpc) is 3.07. The molecule has 1 atom stereocenters. The SMILES string of the molecule is O=S(=O)(Cc1cc(-c2ccco2)on1)CC1CCCO1. The highest BCUT2D eigenvalue weighted by molar-refractivity contribution is 7.90. The van der Waals surface area contributed by atoms with E-state index in [9.17, 15) is 8.42 Å². The van der Waals surface area contributed by atoms with Gasteiger partial charge in [0.15, 0.2) is 15.6 Å². The molecule has 0 saturated carbocycles. The fraction of sp³-hybridized carbons (Fsp3) is 0.462. The molecule has 0 spiro atoms. The molecule has 1 fully saturated rings. The Morgan fingerprint density at radius 1 is 1.35 bits per heavy atom. The van der Waals surface area contributed by atoms with Crippen LogP contribution in [0, 0.1) is 0 Å². The predicted molar refractivity (Wildman–Crippen MR) is 70.7 cm³/mol. The van der Waals surface area contributed by atoms with Crippen LogP contribution in [-0.4, -0.2) is 32.0 Å². The van der Waals surface area contributed by atoms with Gasteiger partial charge in [-0.05, 0) is 25.0 Å². The Bertz CT molecular complexity index is 653. The second-order valence-corrected chi connectivity index (χ2v) is 6.96. The summed E-state index contributed by atoms with van der Waals surface area (Å²) in [4.78, 5) is 0. The average molecular weight is 297 g/mol. The van der Waals surface area contributed by atoms with Crippen LogP contribution in [0.4, 0.5) is 0 Å². The maximum atomic E-state index is 12.1. The molecule has 3 heterocycles. The summed E-state index contributed by atoms with van der Waals surface area (Å²) in [6, 6.07) is 5.04. The highest BCUT2D eigenvalue weighted by Crippen LogP contribution is 2.22.